The average molecular weight is 273 g/mol. The number of hydrogen-bond donors (Lipinski definition) is 1. The van der Waals surface area contributed by atoms with Gasteiger partial charge in [0.1, 0.15) is 0 Å². The van der Waals surface area contributed by atoms with Crippen LogP contribution in [0.1, 0.15) is 6.92 Å². The number of ether oxygens (including phenoxy) is 1. The maximum atomic E-state index is 11.0. The molecule has 1 aliphatic rings. The summed E-state index contributed by atoms with van der Waals surface area (Å²) in [5, 5.41) is 9.10. The molecule has 2 unspecified atom stereocenters. The molecule has 1 aromatic heterocycles. The molecule has 0 amide bonds. The number of carboxylic acid groups (broad SMARTS) is 1. The number of nitrogens with zero attached hydrogens (tertiary/aromatic N) is 4. The summed E-state index contributed by atoms with van der Waals surface area (Å²) < 4.78 is 4.91. The van der Waals surface area contributed by atoms with Crippen molar-refractivity contribution in [2.75, 3.05) is 25.1 Å². The van der Waals surface area contributed by atoms with Crippen LogP contribution in [0.5, 0.6) is 6.01 Å². The molecule has 1 aromatic rings. The molecule has 0 aliphatic carbocycles. The molecule has 0 aromatic carbocycles. The average Bonchev–Trinajstić information content (AvgIpc) is 2.70. The van der Waals surface area contributed by atoms with E-state index in [2.05, 4.69) is 15.0 Å². The number of hydrogen-bond acceptors (Lipinski definition) is 6. The molecule has 1 saturated heterocycles. The molecule has 7 nitrogen and oxygen atoms in total. The van der Waals surface area contributed by atoms with E-state index in [1.54, 1.807) is 4.90 Å². The molecule has 2 heterocycles. The summed E-state index contributed by atoms with van der Waals surface area (Å²) in [6, 6.07) is 0.122. The molecule has 0 radical (unpaired) electrons. The zero-order chi connectivity index (χ0) is 13.3. The number of aliphatic carboxylic acids is 1. The largest absolute Gasteiger partial charge is 0.481 e. The Hall–Kier alpha value is -1.63. The van der Waals surface area contributed by atoms with Crippen molar-refractivity contribution in [1.82, 2.24) is 15.0 Å². The fraction of sp³-hybridized carbons (Fsp3) is 0.600. The number of halogens is 1. The second-order valence-electron chi connectivity index (χ2n) is 4.22. The first-order valence-electron chi connectivity index (χ1n) is 5.44. The zero-order valence-corrected chi connectivity index (χ0v) is 10.8. The van der Waals surface area contributed by atoms with E-state index in [0.717, 1.165) is 0 Å². The molecule has 1 N–H and O–H groups in total. The highest BCUT2D eigenvalue weighted by molar-refractivity contribution is 6.28. The van der Waals surface area contributed by atoms with Crippen LogP contribution < -0.4 is 9.64 Å². The zero-order valence-electron chi connectivity index (χ0n) is 10.00. The highest BCUT2D eigenvalue weighted by Crippen LogP contribution is 2.27. The monoisotopic (exact) mass is 272 g/mol. The van der Waals surface area contributed by atoms with Crippen LogP contribution in [-0.4, -0.2) is 46.2 Å². The van der Waals surface area contributed by atoms with E-state index in [4.69, 9.17) is 21.4 Å². The highest BCUT2D eigenvalue weighted by Gasteiger charge is 2.36. The Morgan fingerprint density at radius 2 is 2.17 bits per heavy atom. The number of methoxy groups -OCH3 is 1. The smallest absolute Gasteiger partial charge is 0.322 e. The maximum absolute atomic E-state index is 11.0. The van der Waals surface area contributed by atoms with Crippen molar-refractivity contribution >= 4 is 23.5 Å². The normalized spacial score (nSPS) is 23.2. The number of rotatable bonds is 3. The minimum Gasteiger partial charge on any atom is -0.481 e. The Kier molecular flexibility index (Phi) is 3.51. The summed E-state index contributed by atoms with van der Waals surface area (Å²) in [4.78, 5) is 24.7. The van der Waals surface area contributed by atoms with Gasteiger partial charge in [-0.05, 0) is 17.5 Å². The van der Waals surface area contributed by atoms with Crippen LogP contribution in [-0.2, 0) is 4.79 Å². The SMILES string of the molecule is COc1nc(Cl)nc(N2CC(C)C(C(=O)O)C2)n1. The molecular weight excluding hydrogens is 260 g/mol. The summed E-state index contributed by atoms with van der Waals surface area (Å²) in [6.07, 6.45) is 0. The lowest BCUT2D eigenvalue weighted by atomic mass is 9.99. The van der Waals surface area contributed by atoms with Crippen molar-refractivity contribution in [2.24, 2.45) is 11.8 Å². The van der Waals surface area contributed by atoms with Crippen LogP contribution in [0.4, 0.5) is 5.95 Å². The minimum absolute atomic E-state index is 0.0308. The van der Waals surface area contributed by atoms with Gasteiger partial charge in [-0.3, -0.25) is 4.79 Å². The molecule has 1 aliphatic heterocycles. The molecule has 0 spiro atoms. The van der Waals surface area contributed by atoms with Gasteiger partial charge in [-0.1, -0.05) is 6.92 Å². The summed E-state index contributed by atoms with van der Waals surface area (Å²) in [5.41, 5.74) is 0. The van der Waals surface area contributed by atoms with Gasteiger partial charge in [0.2, 0.25) is 11.2 Å². The lowest BCUT2D eigenvalue weighted by molar-refractivity contribution is -0.142. The summed E-state index contributed by atoms with van der Waals surface area (Å²) >= 11 is 5.76. The standard InChI is InChI=1S/C10H13ClN4O3/c1-5-3-15(4-6(5)7(16)17)9-12-8(11)13-10(14-9)18-2/h5-6H,3-4H2,1-2H3,(H,16,17). The Morgan fingerprint density at radius 1 is 1.44 bits per heavy atom. The number of anilines is 1. The van der Waals surface area contributed by atoms with Crippen molar-refractivity contribution in [3.63, 3.8) is 0 Å². The minimum atomic E-state index is -0.808. The lowest BCUT2D eigenvalue weighted by Crippen LogP contribution is -2.24. The van der Waals surface area contributed by atoms with Gasteiger partial charge in [0.05, 0.1) is 13.0 Å². The van der Waals surface area contributed by atoms with Crippen molar-refractivity contribution in [1.29, 1.82) is 0 Å². The van der Waals surface area contributed by atoms with Crippen LogP contribution in [0.3, 0.4) is 0 Å². The number of aromatic nitrogens is 3. The molecule has 1 fully saturated rings. The van der Waals surface area contributed by atoms with E-state index < -0.39 is 11.9 Å². The van der Waals surface area contributed by atoms with Crippen LogP contribution >= 0.6 is 11.6 Å². The first-order chi connectivity index (χ1) is 8.51. The molecule has 2 atom stereocenters. The molecule has 98 valence electrons. The van der Waals surface area contributed by atoms with E-state index in [-0.39, 0.29) is 17.2 Å². The van der Waals surface area contributed by atoms with Crippen LogP contribution in [0.2, 0.25) is 5.28 Å². The van der Waals surface area contributed by atoms with E-state index in [9.17, 15) is 4.79 Å². The first kappa shape index (κ1) is 12.8. The lowest BCUT2D eigenvalue weighted by Gasteiger charge is -2.15. The number of carbonyl (C=O) groups is 1. The summed E-state index contributed by atoms with van der Waals surface area (Å²) in [7, 11) is 1.43. The fourth-order valence-corrected chi connectivity index (χ4v) is 2.15. The van der Waals surface area contributed by atoms with Crippen molar-refractivity contribution < 1.29 is 14.6 Å². The van der Waals surface area contributed by atoms with Crippen molar-refractivity contribution in [3.8, 4) is 6.01 Å². The second-order valence-corrected chi connectivity index (χ2v) is 4.56. The Balaban J connectivity index is 2.23. The van der Waals surface area contributed by atoms with E-state index in [1.165, 1.54) is 7.11 Å². The summed E-state index contributed by atoms with van der Waals surface area (Å²) in [5.74, 6) is -0.852. The molecule has 8 heteroatoms. The van der Waals surface area contributed by atoms with Gasteiger partial charge < -0.3 is 14.7 Å². The predicted molar refractivity (Wildman–Crippen MR) is 63.9 cm³/mol. The summed E-state index contributed by atoms with van der Waals surface area (Å²) in [6.45, 7) is 2.82. The predicted octanol–water partition coefficient (Wildman–Crippen LogP) is 0.690. The Labute approximate surface area is 109 Å². The van der Waals surface area contributed by atoms with Crippen molar-refractivity contribution in [2.45, 2.75) is 6.92 Å². The van der Waals surface area contributed by atoms with Gasteiger partial charge in [-0.2, -0.15) is 15.0 Å². The Bertz CT molecular complexity index is 470. The topological polar surface area (TPSA) is 88.4 Å². The molecular formula is C10H13ClN4O3. The molecule has 0 bridgehead atoms. The van der Waals surface area contributed by atoms with Gasteiger partial charge in [0.25, 0.3) is 0 Å². The number of carboxylic acids is 1. The third kappa shape index (κ3) is 2.45. The second kappa shape index (κ2) is 4.93. The molecule has 0 saturated carbocycles. The van der Waals surface area contributed by atoms with Crippen LogP contribution in [0.15, 0.2) is 0 Å². The quantitative estimate of drug-likeness (QED) is 0.866. The van der Waals surface area contributed by atoms with Gasteiger partial charge in [-0.25, -0.2) is 0 Å². The first-order valence-corrected chi connectivity index (χ1v) is 5.82. The maximum Gasteiger partial charge on any atom is 0.322 e. The van der Waals surface area contributed by atoms with Crippen LogP contribution in [0, 0.1) is 11.8 Å². The highest BCUT2D eigenvalue weighted by atomic mass is 35.5. The van der Waals surface area contributed by atoms with Crippen molar-refractivity contribution in [3.05, 3.63) is 5.28 Å². The van der Waals surface area contributed by atoms with E-state index >= 15 is 0 Å². The van der Waals surface area contributed by atoms with Gasteiger partial charge in [0.15, 0.2) is 0 Å². The third-order valence-corrected chi connectivity index (χ3v) is 3.14. The van der Waals surface area contributed by atoms with E-state index in [1.807, 2.05) is 6.92 Å². The fourth-order valence-electron chi connectivity index (χ4n) is 2.01. The van der Waals surface area contributed by atoms with Crippen LogP contribution in [0.25, 0.3) is 0 Å². The van der Waals surface area contributed by atoms with Gasteiger partial charge >= 0.3 is 12.0 Å². The Morgan fingerprint density at radius 3 is 2.72 bits per heavy atom. The molecule has 18 heavy (non-hydrogen) atoms. The van der Waals surface area contributed by atoms with E-state index in [0.29, 0.717) is 19.0 Å². The van der Waals surface area contributed by atoms with Gasteiger partial charge in [-0.15, -0.1) is 0 Å². The van der Waals surface area contributed by atoms with Gasteiger partial charge in [0, 0.05) is 13.1 Å². The molecule has 2 rings (SSSR count). The third-order valence-electron chi connectivity index (χ3n) is 2.97.